The molecule has 0 radical (unpaired) electrons. The van der Waals surface area contributed by atoms with Crippen LogP contribution in [0.5, 0.6) is 0 Å². The van der Waals surface area contributed by atoms with Crippen LogP contribution in [-0.4, -0.2) is 21.4 Å². The molecular formula is C18H12Br2F3N3O2. The molecule has 4 rings (SSSR count). The molecule has 2 aromatic heterocycles. The zero-order chi connectivity index (χ0) is 20.1. The number of fused-ring (bicyclic) bond motifs is 2. The number of hydrogen-bond acceptors (Lipinski definition) is 5. The van der Waals surface area contributed by atoms with Gasteiger partial charge in [-0.2, -0.15) is 13.2 Å². The van der Waals surface area contributed by atoms with Crippen LogP contribution in [0.15, 0.2) is 42.7 Å². The van der Waals surface area contributed by atoms with Gasteiger partial charge in [0, 0.05) is 47.9 Å². The van der Waals surface area contributed by atoms with Gasteiger partial charge >= 0.3 is 6.18 Å². The van der Waals surface area contributed by atoms with E-state index in [1.807, 2.05) is 4.90 Å². The van der Waals surface area contributed by atoms with Gasteiger partial charge in [0.05, 0.1) is 21.8 Å². The van der Waals surface area contributed by atoms with Crippen LogP contribution in [0, 0.1) is 0 Å². The van der Waals surface area contributed by atoms with Crippen LogP contribution in [0.2, 0.25) is 0 Å². The van der Waals surface area contributed by atoms with E-state index >= 15 is 0 Å². The van der Waals surface area contributed by atoms with Crippen molar-refractivity contribution in [1.29, 1.82) is 0 Å². The van der Waals surface area contributed by atoms with E-state index in [4.69, 9.17) is 4.42 Å². The molecule has 0 aliphatic carbocycles. The van der Waals surface area contributed by atoms with Gasteiger partial charge in [0.15, 0.2) is 11.0 Å². The second kappa shape index (κ2) is 7.23. The van der Waals surface area contributed by atoms with Crippen LogP contribution >= 0.6 is 31.9 Å². The van der Waals surface area contributed by atoms with Gasteiger partial charge in [-0.05, 0) is 28.1 Å². The lowest BCUT2D eigenvalue weighted by Gasteiger charge is -2.27. The van der Waals surface area contributed by atoms with Crippen molar-refractivity contribution in [2.45, 2.75) is 25.7 Å². The molecule has 0 N–H and O–H groups in total. The van der Waals surface area contributed by atoms with E-state index in [-0.39, 0.29) is 5.43 Å². The van der Waals surface area contributed by atoms with Crippen molar-refractivity contribution in [2.75, 3.05) is 6.54 Å². The van der Waals surface area contributed by atoms with Crippen molar-refractivity contribution in [1.82, 2.24) is 14.9 Å². The Hall–Kier alpha value is -1.78. The van der Waals surface area contributed by atoms with E-state index in [1.165, 1.54) is 12.5 Å². The van der Waals surface area contributed by atoms with E-state index in [1.54, 1.807) is 12.1 Å². The summed E-state index contributed by atoms with van der Waals surface area (Å²) in [5, 5.41) is 0.453. The normalized spacial score (nSPS) is 15.0. The van der Waals surface area contributed by atoms with Crippen LogP contribution in [0.1, 0.15) is 22.6 Å². The van der Waals surface area contributed by atoms with Crippen molar-refractivity contribution >= 4 is 42.8 Å². The Morgan fingerprint density at radius 3 is 2.79 bits per heavy atom. The first-order chi connectivity index (χ1) is 13.2. The fraction of sp³-hybridized carbons (Fsp3) is 0.278. The smallest absolute Gasteiger partial charge is 0.451 e. The molecule has 28 heavy (non-hydrogen) atoms. The van der Waals surface area contributed by atoms with Gasteiger partial charge in [-0.3, -0.25) is 9.69 Å². The van der Waals surface area contributed by atoms with Crippen LogP contribution in [0.3, 0.4) is 0 Å². The Morgan fingerprint density at radius 1 is 1.25 bits per heavy atom. The predicted molar refractivity (Wildman–Crippen MR) is 103 cm³/mol. The number of halogens is 5. The lowest BCUT2D eigenvalue weighted by atomic mass is 10.1. The minimum absolute atomic E-state index is 0.141. The topological polar surface area (TPSA) is 59.2 Å². The predicted octanol–water partition coefficient (Wildman–Crippen LogP) is 4.69. The van der Waals surface area contributed by atoms with Crippen molar-refractivity contribution in [3.63, 3.8) is 0 Å². The van der Waals surface area contributed by atoms with Crippen LogP contribution in [0.4, 0.5) is 13.2 Å². The maximum atomic E-state index is 12.8. The maximum Gasteiger partial charge on any atom is 0.451 e. The summed E-state index contributed by atoms with van der Waals surface area (Å²) in [5.74, 6) is -1.12. The van der Waals surface area contributed by atoms with Gasteiger partial charge in [0.25, 0.3) is 0 Å². The molecule has 10 heteroatoms. The van der Waals surface area contributed by atoms with Gasteiger partial charge in [-0.15, -0.1) is 0 Å². The molecule has 5 nitrogen and oxygen atoms in total. The fourth-order valence-electron chi connectivity index (χ4n) is 3.20. The van der Waals surface area contributed by atoms with E-state index < -0.39 is 12.0 Å². The summed E-state index contributed by atoms with van der Waals surface area (Å²) in [6.07, 6.45) is -1.55. The molecule has 0 fully saturated rings. The Labute approximate surface area is 173 Å². The molecule has 0 spiro atoms. The highest BCUT2D eigenvalue weighted by atomic mass is 79.9. The SMILES string of the molecule is O=c1c(CN2CCc3nc(C(F)(F)F)ncc3C2)coc2c(Br)cc(Br)cc12. The van der Waals surface area contributed by atoms with Crippen LogP contribution in [-0.2, 0) is 25.7 Å². The zero-order valence-electron chi connectivity index (χ0n) is 14.2. The molecule has 1 aliphatic rings. The standard InChI is InChI=1S/C18H12Br2F3N3O2/c19-11-3-12-15(27)10(8-28-16(12)13(20)4-11)7-26-2-1-14-9(6-26)5-24-17(25-14)18(21,22)23/h3-5,8H,1-2,6-7H2. The van der Waals surface area contributed by atoms with E-state index in [0.29, 0.717) is 58.3 Å². The Kier molecular flexibility index (Phi) is 5.05. The minimum Gasteiger partial charge on any atom is -0.463 e. The third-order valence-corrected chi connectivity index (χ3v) is 5.57. The molecule has 3 aromatic rings. The third kappa shape index (κ3) is 3.72. The first-order valence-corrected chi connectivity index (χ1v) is 9.85. The summed E-state index contributed by atoms with van der Waals surface area (Å²) in [6.45, 7) is 1.18. The Balaban J connectivity index is 1.60. The fourth-order valence-corrected chi connectivity index (χ4v) is 4.52. The first kappa shape index (κ1) is 19.5. The van der Waals surface area contributed by atoms with Crippen LogP contribution in [0.25, 0.3) is 11.0 Å². The van der Waals surface area contributed by atoms with Gasteiger partial charge in [-0.25, -0.2) is 9.97 Å². The van der Waals surface area contributed by atoms with Crippen molar-refractivity contribution in [3.05, 3.63) is 66.4 Å². The summed E-state index contributed by atoms with van der Waals surface area (Å²) < 4.78 is 45.3. The largest absolute Gasteiger partial charge is 0.463 e. The monoisotopic (exact) mass is 517 g/mol. The second-order valence-corrected chi connectivity index (χ2v) is 8.25. The number of rotatable bonds is 2. The summed E-state index contributed by atoms with van der Waals surface area (Å²) in [7, 11) is 0. The summed E-state index contributed by atoms with van der Waals surface area (Å²) in [6, 6.07) is 3.50. The lowest BCUT2D eigenvalue weighted by Crippen LogP contribution is -2.33. The molecule has 1 aliphatic heterocycles. The van der Waals surface area contributed by atoms with E-state index in [2.05, 4.69) is 41.8 Å². The second-order valence-electron chi connectivity index (χ2n) is 6.48. The molecule has 3 heterocycles. The Morgan fingerprint density at radius 2 is 2.04 bits per heavy atom. The minimum atomic E-state index is -4.56. The molecule has 0 saturated heterocycles. The number of nitrogens with zero attached hydrogens (tertiary/aromatic N) is 3. The molecule has 0 saturated carbocycles. The van der Waals surface area contributed by atoms with Gasteiger partial charge in [0.2, 0.25) is 5.82 Å². The molecule has 1 aromatic carbocycles. The molecule has 0 bridgehead atoms. The molecular weight excluding hydrogens is 507 g/mol. The number of aromatic nitrogens is 2. The summed E-state index contributed by atoms with van der Waals surface area (Å²) >= 11 is 6.74. The highest BCUT2D eigenvalue weighted by molar-refractivity contribution is 9.11. The van der Waals surface area contributed by atoms with E-state index in [9.17, 15) is 18.0 Å². The summed E-state index contributed by atoms with van der Waals surface area (Å²) in [5.41, 5.74) is 1.84. The molecule has 0 atom stereocenters. The van der Waals surface area contributed by atoms with Crippen molar-refractivity contribution in [3.8, 4) is 0 Å². The van der Waals surface area contributed by atoms with Crippen molar-refractivity contribution < 1.29 is 17.6 Å². The lowest BCUT2D eigenvalue weighted by molar-refractivity contribution is -0.145. The first-order valence-electron chi connectivity index (χ1n) is 8.26. The number of hydrogen-bond donors (Lipinski definition) is 0. The maximum absolute atomic E-state index is 12.8. The average Bonchev–Trinajstić information content (AvgIpc) is 2.63. The third-order valence-electron chi connectivity index (χ3n) is 4.52. The quantitative estimate of drug-likeness (QED) is 0.493. The average molecular weight is 519 g/mol. The molecule has 0 amide bonds. The molecule has 0 unspecified atom stereocenters. The number of alkyl halides is 3. The highest BCUT2D eigenvalue weighted by Crippen LogP contribution is 2.29. The highest BCUT2D eigenvalue weighted by Gasteiger charge is 2.35. The van der Waals surface area contributed by atoms with Crippen LogP contribution < -0.4 is 5.43 Å². The van der Waals surface area contributed by atoms with Gasteiger partial charge in [0.1, 0.15) is 0 Å². The van der Waals surface area contributed by atoms with E-state index in [0.717, 1.165) is 4.47 Å². The van der Waals surface area contributed by atoms with Crippen molar-refractivity contribution in [2.24, 2.45) is 0 Å². The Bertz CT molecular complexity index is 1130. The molecule has 146 valence electrons. The van der Waals surface area contributed by atoms with Gasteiger partial charge < -0.3 is 4.42 Å². The zero-order valence-corrected chi connectivity index (χ0v) is 17.4. The summed E-state index contributed by atoms with van der Waals surface area (Å²) in [4.78, 5) is 21.9. The van der Waals surface area contributed by atoms with Gasteiger partial charge in [-0.1, -0.05) is 15.9 Å². The number of benzene rings is 1.